The Bertz CT molecular complexity index is 755. The molecule has 2 aliphatic heterocycles. The van der Waals surface area contributed by atoms with Crippen molar-refractivity contribution in [3.63, 3.8) is 0 Å². The van der Waals surface area contributed by atoms with Crippen LogP contribution < -0.4 is 4.90 Å². The standard InChI is InChI=1S/C20H26N2O5/c1-20(2,3)27-19(26)22-14-8-5-4-7-13(14)10-11-15(22)17(23)21-12-6-9-16(21)18(24)25/h4-5,7-8,15-16H,6,9-12H2,1-3H3,(H,24,25)/t15?,16-/m0/s1. The molecule has 2 amide bonds. The smallest absolute Gasteiger partial charge is 0.415 e. The van der Waals surface area contributed by atoms with Crippen LogP contribution in [0.5, 0.6) is 0 Å². The number of aryl methyl sites for hydroxylation is 1. The molecule has 1 aromatic carbocycles. The molecule has 1 fully saturated rings. The van der Waals surface area contributed by atoms with Gasteiger partial charge in [0.05, 0.1) is 5.69 Å². The van der Waals surface area contributed by atoms with E-state index in [4.69, 9.17) is 4.74 Å². The monoisotopic (exact) mass is 374 g/mol. The molecule has 7 heteroatoms. The topological polar surface area (TPSA) is 87.2 Å². The van der Waals surface area contributed by atoms with Crippen molar-refractivity contribution >= 4 is 23.7 Å². The van der Waals surface area contributed by atoms with Gasteiger partial charge in [-0.05, 0) is 58.1 Å². The predicted octanol–water partition coefficient (Wildman–Crippen LogP) is 2.82. The Morgan fingerprint density at radius 2 is 1.81 bits per heavy atom. The molecule has 1 unspecified atom stereocenters. The number of nitrogens with zero attached hydrogens (tertiary/aromatic N) is 2. The molecule has 2 heterocycles. The SMILES string of the molecule is CC(C)(C)OC(=O)N1c2ccccc2CCC1C(=O)N1CCC[C@H]1C(=O)O. The van der Waals surface area contributed by atoms with Gasteiger partial charge in [-0.15, -0.1) is 0 Å². The Morgan fingerprint density at radius 1 is 1.11 bits per heavy atom. The molecular formula is C20H26N2O5. The molecule has 0 saturated carbocycles. The predicted molar refractivity (Wildman–Crippen MR) is 99.6 cm³/mol. The zero-order valence-corrected chi connectivity index (χ0v) is 16.0. The van der Waals surface area contributed by atoms with Crippen LogP contribution in [0.2, 0.25) is 0 Å². The molecule has 2 atom stereocenters. The number of aliphatic carboxylic acids is 1. The summed E-state index contributed by atoms with van der Waals surface area (Å²) in [5.74, 6) is -1.32. The van der Waals surface area contributed by atoms with Crippen LogP contribution in [0.3, 0.4) is 0 Å². The van der Waals surface area contributed by atoms with Crippen LogP contribution in [0.1, 0.15) is 45.6 Å². The number of benzene rings is 1. The van der Waals surface area contributed by atoms with E-state index in [9.17, 15) is 19.5 Å². The highest BCUT2D eigenvalue weighted by molar-refractivity contribution is 6.00. The zero-order chi connectivity index (χ0) is 19.8. The van der Waals surface area contributed by atoms with Crippen LogP contribution in [-0.4, -0.2) is 52.2 Å². The Morgan fingerprint density at radius 3 is 2.48 bits per heavy atom. The molecule has 0 bridgehead atoms. The van der Waals surface area contributed by atoms with Crippen LogP contribution in [0.4, 0.5) is 10.5 Å². The summed E-state index contributed by atoms with van der Waals surface area (Å²) in [6.07, 6.45) is 1.60. The summed E-state index contributed by atoms with van der Waals surface area (Å²) in [5.41, 5.74) is 0.931. The van der Waals surface area contributed by atoms with E-state index in [2.05, 4.69) is 0 Å². The third-order valence-electron chi connectivity index (χ3n) is 4.95. The van der Waals surface area contributed by atoms with E-state index in [1.54, 1.807) is 26.8 Å². The normalized spacial score (nSPS) is 22.3. The molecule has 2 aliphatic rings. The van der Waals surface area contributed by atoms with Crippen molar-refractivity contribution in [1.29, 1.82) is 0 Å². The number of carboxylic acids is 1. The zero-order valence-electron chi connectivity index (χ0n) is 16.0. The molecule has 7 nitrogen and oxygen atoms in total. The minimum absolute atomic E-state index is 0.319. The summed E-state index contributed by atoms with van der Waals surface area (Å²) < 4.78 is 5.55. The molecule has 0 aromatic heterocycles. The van der Waals surface area contributed by atoms with Gasteiger partial charge < -0.3 is 14.7 Å². The number of likely N-dealkylation sites (tertiary alicyclic amines) is 1. The number of hydrogen-bond acceptors (Lipinski definition) is 4. The number of hydrogen-bond donors (Lipinski definition) is 1. The molecule has 27 heavy (non-hydrogen) atoms. The van der Waals surface area contributed by atoms with E-state index in [-0.39, 0.29) is 5.91 Å². The number of amides is 2. The lowest BCUT2D eigenvalue weighted by atomic mass is 9.95. The molecule has 1 saturated heterocycles. The van der Waals surface area contributed by atoms with Gasteiger partial charge in [-0.2, -0.15) is 0 Å². The summed E-state index contributed by atoms with van der Waals surface area (Å²) in [5, 5.41) is 9.42. The van der Waals surface area contributed by atoms with Crippen molar-refractivity contribution < 1.29 is 24.2 Å². The van der Waals surface area contributed by atoms with Crippen molar-refractivity contribution in [2.75, 3.05) is 11.4 Å². The number of rotatable bonds is 2. The molecule has 0 spiro atoms. The van der Waals surface area contributed by atoms with Crippen LogP contribution >= 0.6 is 0 Å². The fraction of sp³-hybridized carbons (Fsp3) is 0.550. The number of carboxylic acid groups (broad SMARTS) is 1. The maximum Gasteiger partial charge on any atom is 0.415 e. The molecule has 1 N–H and O–H groups in total. The van der Waals surface area contributed by atoms with Crippen molar-refractivity contribution in [2.45, 2.75) is 64.1 Å². The highest BCUT2D eigenvalue weighted by Crippen LogP contribution is 2.34. The highest BCUT2D eigenvalue weighted by atomic mass is 16.6. The molecule has 0 aliphatic carbocycles. The molecule has 3 rings (SSSR count). The largest absolute Gasteiger partial charge is 0.480 e. The minimum atomic E-state index is -0.999. The highest BCUT2D eigenvalue weighted by Gasteiger charge is 2.43. The average Bonchev–Trinajstić information content (AvgIpc) is 3.08. The fourth-order valence-corrected chi connectivity index (χ4v) is 3.80. The van der Waals surface area contributed by atoms with Crippen molar-refractivity contribution in [1.82, 2.24) is 4.90 Å². The van der Waals surface area contributed by atoms with Crippen molar-refractivity contribution in [2.24, 2.45) is 0 Å². The maximum atomic E-state index is 13.2. The van der Waals surface area contributed by atoms with Crippen LogP contribution in [0.25, 0.3) is 0 Å². The van der Waals surface area contributed by atoms with Crippen molar-refractivity contribution in [3.05, 3.63) is 29.8 Å². The summed E-state index contributed by atoms with van der Waals surface area (Å²) in [4.78, 5) is 40.5. The van der Waals surface area contributed by atoms with E-state index < -0.39 is 29.7 Å². The van der Waals surface area contributed by atoms with E-state index in [1.165, 1.54) is 9.80 Å². The molecule has 146 valence electrons. The Labute approximate surface area is 158 Å². The molecule has 1 aromatic rings. The summed E-state index contributed by atoms with van der Waals surface area (Å²) in [7, 11) is 0. The van der Waals surface area contributed by atoms with E-state index in [0.29, 0.717) is 37.9 Å². The second-order valence-electron chi connectivity index (χ2n) is 8.06. The van der Waals surface area contributed by atoms with Crippen LogP contribution in [0.15, 0.2) is 24.3 Å². The number of carbonyl (C=O) groups is 3. The van der Waals surface area contributed by atoms with Crippen LogP contribution in [0, 0.1) is 0 Å². The molecule has 0 radical (unpaired) electrons. The first-order valence-electron chi connectivity index (χ1n) is 9.32. The summed E-state index contributed by atoms with van der Waals surface area (Å²) in [6.45, 7) is 5.73. The van der Waals surface area contributed by atoms with Gasteiger partial charge in [0.1, 0.15) is 17.7 Å². The van der Waals surface area contributed by atoms with Gasteiger partial charge in [-0.1, -0.05) is 18.2 Å². The lowest BCUT2D eigenvalue weighted by Crippen LogP contribution is -2.56. The van der Waals surface area contributed by atoms with E-state index in [1.807, 2.05) is 18.2 Å². The van der Waals surface area contributed by atoms with Crippen molar-refractivity contribution in [3.8, 4) is 0 Å². The third kappa shape index (κ3) is 3.91. The van der Waals surface area contributed by atoms with E-state index >= 15 is 0 Å². The Hall–Kier alpha value is -2.57. The number of anilines is 1. The minimum Gasteiger partial charge on any atom is -0.480 e. The first kappa shape index (κ1) is 19.2. The van der Waals surface area contributed by atoms with E-state index in [0.717, 1.165) is 5.56 Å². The summed E-state index contributed by atoms with van der Waals surface area (Å²) in [6, 6.07) is 5.87. The number of fused-ring (bicyclic) bond motifs is 1. The maximum absolute atomic E-state index is 13.2. The number of para-hydroxylation sites is 1. The lowest BCUT2D eigenvalue weighted by Gasteiger charge is -2.39. The van der Waals surface area contributed by atoms with Gasteiger partial charge >= 0.3 is 12.1 Å². The second-order valence-corrected chi connectivity index (χ2v) is 8.06. The van der Waals surface area contributed by atoms with Crippen LogP contribution in [-0.2, 0) is 20.7 Å². The van der Waals surface area contributed by atoms with Gasteiger partial charge in [-0.25, -0.2) is 9.59 Å². The lowest BCUT2D eigenvalue weighted by molar-refractivity contribution is -0.148. The van der Waals surface area contributed by atoms with Gasteiger partial charge in [0, 0.05) is 6.54 Å². The number of ether oxygens (including phenoxy) is 1. The first-order chi connectivity index (χ1) is 12.7. The van der Waals surface area contributed by atoms with Gasteiger partial charge in [0.2, 0.25) is 5.91 Å². The molecular weight excluding hydrogens is 348 g/mol. The third-order valence-corrected chi connectivity index (χ3v) is 4.95. The Kier molecular flexibility index (Phi) is 5.13. The Balaban J connectivity index is 1.94. The first-order valence-corrected chi connectivity index (χ1v) is 9.32. The van der Waals surface area contributed by atoms with Gasteiger partial charge in [-0.3, -0.25) is 9.69 Å². The van der Waals surface area contributed by atoms with Gasteiger partial charge in [0.25, 0.3) is 0 Å². The summed E-state index contributed by atoms with van der Waals surface area (Å²) >= 11 is 0. The fourth-order valence-electron chi connectivity index (χ4n) is 3.80. The quantitative estimate of drug-likeness (QED) is 0.860. The average molecular weight is 374 g/mol. The second kappa shape index (κ2) is 7.21. The number of carbonyl (C=O) groups excluding carboxylic acids is 2. The van der Waals surface area contributed by atoms with Gasteiger partial charge in [0.15, 0.2) is 0 Å².